The van der Waals surface area contributed by atoms with E-state index in [0.29, 0.717) is 24.3 Å². The summed E-state index contributed by atoms with van der Waals surface area (Å²) in [5, 5.41) is 2.96. The number of nitrogens with one attached hydrogen (secondary N) is 1. The molecule has 1 N–H and O–H groups in total. The summed E-state index contributed by atoms with van der Waals surface area (Å²) in [6.45, 7) is 8.60. The first kappa shape index (κ1) is 22.3. The first-order valence-corrected chi connectivity index (χ1v) is 12.1. The number of carbonyl (C=O) groups is 1. The van der Waals surface area contributed by atoms with Crippen molar-refractivity contribution in [3.8, 4) is 0 Å². The Bertz CT molecular complexity index is 995. The molecule has 1 fully saturated rings. The van der Waals surface area contributed by atoms with Crippen LogP contribution in [0.3, 0.4) is 0 Å². The molecule has 0 aromatic heterocycles. The van der Waals surface area contributed by atoms with Crippen LogP contribution >= 0.6 is 0 Å². The van der Waals surface area contributed by atoms with Gasteiger partial charge in [0.05, 0.1) is 16.3 Å². The molecule has 0 atom stereocenters. The molecule has 7 heteroatoms. The van der Waals surface area contributed by atoms with Gasteiger partial charge in [-0.1, -0.05) is 24.1 Å². The monoisotopic (exact) mass is 429 g/mol. The summed E-state index contributed by atoms with van der Waals surface area (Å²) >= 11 is 0. The van der Waals surface area contributed by atoms with Crippen LogP contribution in [0.4, 0.5) is 11.4 Å². The fraction of sp³-hybridized carbons (Fsp3) is 0.435. The number of nitrogens with zero attached hydrogens (tertiary/aromatic N) is 2. The third-order valence-electron chi connectivity index (χ3n) is 5.55. The molecule has 30 heavy (non-hydrogen) atoms. The minimum atomic E-state index is -3.58. The topological polar surface area (TPSA) is 69.7 Å². The molecule has 1 aliphatic heterocycles. The Labute approximate surface area is 179 Å². The highest BCUT2D eigenvalue weighted by Crippen LogP contribution is 2.31. The number of sulfonamides is 1. The first-order valence-electron chi connectivity index (χ1n) is 10.6. The number of benzene rings is 2. The lowest BCUT2D eigenvalue weighted by molar-refractivity contribution is 0.102. The number of aryl methyl sites for hydroxylation is 1. The molecular weight excluding hydrogens is 398 g/mol. The van der Waals surface area contributed by atoms with Crippen LogP contribution in [0.5, 0.6) is 0 Å². The molecule has 6 nitrogen and oxygen atoms in total. The van der Waals surface area contributed by atoms with Crippen molar-refractivity contribution in [3.05, 3.63) is 53.6 Å². The standard InChI is InChI=1S/C23H31N3O3S/c1-4-25(5-2)22-13-12-20(30(28,29)26-14-7-6-8-15-26)17-21(22)24-23(27)19-11-9-10-18(3)16-19/h9-13,16-17H,4-8,14-15H2,1-3H3,(H,24,27). The highest BCUT2D eigenvalue weighted by Gasteiger charge is 2.27. The third-order valence-corrected chi connectivity index (χ3v) is 7.45. The lowest BCUT2D eigenvalue weighted by atomic mass is 10.1. The predicted molar refractivity (Wildman–Crippen MR) is 122 cm³/mol. The van der Waals surface area contributed by atoms with Gasteiger partial charge in [-0.2, -0.15) is 4.31 Å². The van der Waals surface area contributed by atoms with Crippen LogP contribution in [-0.4, -0.2) is 44.8 Å². The van der Waals surface area contributed by atoms with E-state index >= 15 is 0 Å². The first-order chi connectivity index (χ1) is 14.4. The lowest BCUT2D eigenvalue weighted by Crippen LogP contribution is -2.35. The summed E-state index contributed by atoms with van der Waals surface area (Å²) in [6, 6.07) is 12.4. The van der Waals surface area contributed by atoms with Crippen molar-refractivity contribution in [1.29, 1.82) is 0 Å². The van der Waals surface area contributed by atoms with Gasteiger partial charge in [0.2, 0.25) is 10.0 Å². The van der Waals surface area contributed by atoms with E-state index in [2.05, 4.69) is 10.2 Å². The molecular formula is C23H31N3O3S. The molecule has 1 amide bonds. The van der Waals surface area contributed by atoms with Crippen LogP contribution in [0.1, 0.15) is 49.0 Å². The molecule has 0 spiro atoms. The third kappa shape index (κ3) is 4.84. The second-order valence-electron chi connectivity index (χ2n) is 7.64. The second-order valence-corrected chi connectivity index (χ2v) is 9.58. The van der Waals surface area contributed by atoms with E-state index in [1.54, 1.807) is 28.6 Å². The number of hydrogen-bond acceptors (Lipinski definition) is 4. The van der Waals surface area contributed by atoms with Crippen molar-refractivity contribution in [2.24, 2.45) is 0 Å². The van der Waals surface area contributed by atoms with Crippen molar-refractivity contribution >= 4 is 27.3 Å². The number of carbonyl (C=O) groups excluding carboxylic acids is 1. The Kier molecular flexibility index (Phi) is 7.15. The lowest BCUT2D eigenvalue weighted by Gasteiger charge is -2.28. The summed E-state index contributed by atoms with van der Waals surface area (Å²) < 4.78 is 27.9. The van der Waals surface area contributed by atoms with Crippen LogP contribution in [-0.2, 0) is 10.0 Å². The summed E-state index contributed by atoms with van der Waals surface area (Å²) in [5.74, 6) is -0.250. The van der Waals surface area contributed by atoms with Crippen LogP contribution in [0.25, 0.3) is 0 Å². The minimum absolute atomic E-state index is 0.222. The van der Waals surface area contributed by atoms with Crippen molar-refractivity contribution < 1.29 is 13.2 Å². The summed E-state index contributed by atoms with van der Waals surface area (Å²) in [4.78, 5) is 15.2. The van der Waals surface area contributed by atoms with E-state index in [1.165, 1.54) is 0 Å². The molecule has 1 heterocycles. The Morgan fingerprint density at radius 2 is 1.73 bits per heavy atom. The Hall–Kier alpha value is -2.38. The molecule has 0 aliphatic carbocycles. The average molecular weight is 430 g/mol. The molecule has 3 rings (SSSR count). The zero-order valence-electron chi connectivity index (χ0n) is 18.0. The minimum Gasteiger partial charge on any atom is -0.370 e. The number of piperidine rings is 1. The van der Waals surface area contributed by atoms with Gasteiger partial charge in [-0.25, -0.2) is 8.42 Å². The van der Waals surface area contributed by atoms with Gasteiger partial charge in [-0.3, -0.25) is 4.79 Å². The Morgan fingerprint density at radius 1 is 1.03 bits per heavy atom. The summed E-state index contributed by atoms with van der Waals surface area (Å²) in [6.07, 6.45) is 2.83. The molecule has 0 radical (unpaired) electrons. The second kappa shape index (κ2) is 9.62. The quantitative estimate of drug-likeness (QED) is 0.714. The summed E-state index contributed by atoms with van der Waals surface area (Å²) in [5.41, 5.74) is 2.87. The van der Waals surface area contributed by atoms with E-state index in [9.17, 15) is 13.2 Å². The SMILES string of the molecule is CCN(CC)c1ccc(S(=O)(=O)N2CCCCC2)cc1NC(=O)c1cccc(C)c1. The van der Waals surface area contributed by atoms with Gasteiger partial charge >= 0.3 is 0 Å². The van der Waals surface area contributed by atoms with Gasteiger partial charge in [0.15, 0.2) is 0 Å². The number of rotatable bonds is 7. The molecule has 162 valence electrons. The van der Waals surface area contributed by atoms with Crippen molar-refractivity contribution in [2.45, 2.75) is 44.9 Å². The van der Waals surface area contributed by atoms with Gasteiger partial charge < -0.3 is 10.2 Å². The molecule has 2 aromatic rings. The van der Waals surface area contributed by atoms with Crippen LogP contribution < -0.4 is 10.2 Å². The average Bonchev–Trinajstić information content (AvgIpc) is 2.76. The maximum absolute atomic E-state index is 13.2. The van der Waals surface area contributed by atoms with E-state index in [4.69, 9.17) is 0 Å². The highest BCUT2D eigenvalue weighted by molar-refractivity contribution is 7.89. The fourth-order valence-electron chi connectivity index (χ4n) is 3.85. The summed E-state index contributed by atoms with van der Waals surface area (Å²) in [7, 11) is -3.58. The molecule has 1 aliphatic rings. The number of hydrogen-bond donors (Lipinski definition) is 1. The van der Waals surface area contributed by atoms with Crippen LogP contribution in [0.15, 0.2) is 47.4 Å². The zero-order valence-corrected chi connectivity index (χ0v) is 18.8. The smallest absolute Gasteiger partial charge is 0.255 e. The molecule has 0 unspecified atom stereocenters. The van der Waals surface area contributed by atoms with Gasteiger partial charge in [0, 0.05) is 31.7 Å². The van der Waals surface area contributed by atoms with Gasteiger partial charge in [0.25, 0.3) is 5.91 Å². The Balaban J connectivity index is 1.99. The molecule has 0 bridgehead atoms. The largest absolute Gasteiger partial charge is 0.370 e. The highest BCUT2D eigenvalue weighted by atomic mass is 32.2. The normalized spacial score (nSPS) is 15.0. The van der Waals surface area contributed by atoms with Gasteiger partial charge in [-0.05, 0) is 63.9 Å². The van der Waals surface area contributed by atoms with Crippen molar-refractivity contribution in [1.82, 2.24) is 4.31 Å². The molecule has 1 saturated heterocycles. The molecule has 2 aromatic carbocycles. The maximum Gasteiger partial charge on any atom is 0.255 e. The number of amides is 1. The van der Waals surface area contributed by atoms with E-state index < -0.39 is 10.0 Å². The van der Waals surface area contributed by atoms with E-state index in [0.717, 1.165) is 43.6 Å². The van der Waals surface area contributed by atoms with Crippen LogP contribution in [0, 0.1) is 6.92 Å². The number of anilines is 2. The molecule has 0 saturated carbocycles. The van der Waals surface area contributed by atoms with Crippen LogP contribution in [0.2, 0.25) is 0 Å². The van der Waals surface area contributed by atoms with E-state index in [1.807, 2.05) is 39.0 Å². The Morgan fingerprint density at radius 3 is 2.37 bits per heavy atom. The van der Waals surface area contributed by atoms with Gasteiger partial charge in [0.1, 0.15) is 0 Å². The fourth-order valence-corrected chi connectivity index (χ4v) is 5.39. The van der Waals surface area contributed by atoms with E-state index in [-0.39, 0.29) is 10.8 Å². The zero-order chi connectivity index (χ0) is 21.7. The predicted octanol–water partition coefficient (Wildman–Crippen LogP) is 4.27. The van der Waals surface area contributed by atoms with Crippen molar-refractivity contribution in [2.75, 3.05) is 36.4 Å². The van der Waals surface area contributed by atoms with Gasteiger partial charge in [-0.15, -0.1) is 0 Å². The maximum atomic E-state index is 13.2. The van der Waals surface area contributed by atoms with Crippen molar-refractivity contribution in [3.63, 3.8) is 0 Å².